The summed E-state index contributed by atoms with van der Waals surface area (Å²) in [4.78, 5) is 0. The summed E-state index contributed by atoms with van der Waals surface area (Å²) < 4.78 is 49.1. The molecule has 0 spiro atoms. The quantitative estimate of drug-likeness (QED) is 0.900. The number of methoxy groups -OCH3 is 2. The van der Waals surface area contributed by atoms with Crippen molar-refractivity contribution in [3.63, 3.8) is 0 Å². The maximum absolute atomic E-state index is 12.9. The van der Waals surface area contributed by atoms with Gasteiger partial charge < -0.3 is 9.47 Å². The number of hydrogen-bond donors (Lipinski definition) is 1. The number of benzene rings is 1. The number of alkyl halides is 3. The standard InChI is InChI=1S/C14H18F3NO2/c1-9(18-13(6-7-13)14(15,16)17)10-4-5-11(19-2)12(8-10)20-3/h4-5,8-9,18H,6-7H2,1-3H3. The molecule has 0 aliphatic heterocycles. The van der Waals surface area contributed by atoms with Gasteiger partial charge in [0.2, 0.25) is 0 Å². The molecule has 1 unspecified atom stereocenters. The first-order valence-electron chi connectivity index (χ1n) is 6.39. The van der Waals surface area contributed by atoms with Gasteiger partial charge in [-0.2, -0.15) is 13.2 Å². The summed E-state index contributed by atoms with van der Waals surface area (Å²) in [7, 11) is 3.01. The van der Waals surface area contributed by atoms with Crippen molar-refractivity contribution in [2.24, 2.45) is 0 Å². The zero-order chi connectivity index (χ0) is 15.0. The third kappa shape index (κ3) is 2.70. The lowest BCUT2D eigenvalue weighted by Gasteiger charge is -2.25. The maximum Gasteiger partial charge on any atom is 0.406 e. The molecule has 1 fully saturated rings. The Morgan fingerprint density at radius 1 is 1.15 bits per heavy atom. The van der Waals surface area contributed by atoms with Gasteiger partial charge in [-0.05, 0) is 37.5 Å². The smallest absolute Gasteiger partial charge is 0.406 e. The lowest BCUT2D eigenvalue weighted by molar-refractivity contribution is -0.167. The van der Waals surface area contributed by atoms with Crippen LogP contribution in [0.2, 0.25) is 0 Å². The zero-order valence-corrected chi connectivity index (χ0v) is 11.7. The molecule has 1 aliphatic carbocycles. The average Bonchev–Trinajstić information content (AvgIpc) is 3.18. The Labute approximate surface area is 116 Å². The fourth-order valence-corrected chi connectivity index (χ4v) is 2.25. The molecule has 112 valence electrons. The molecule has 0 heterocycles. The van der Waals surface area contributed by atoms with Crippen LogP contribution in [-0.2, 0) is 0 Å². The monoisotopic (exact) mass is 289 g/mol. The highest BCUT2D eigenvalue weighted by Crippen LogP contribution is 2.50. The van der Waals surface area contributed by atoms with E-state index in [-0.39, 0.29) is 12.8 Å². The minimum absolute atomic E-state index is 0.133. The Bertz CT molecular complexity index is 484. The van der Waals surface area contributed by atoms with Gasteiger partial charge in [0.05, 0.1) is 14.2 Å². The first-order chi connectivity index (χ1) is 9.33. The van der Waals surface area contributed by atoms with Crippen molar-refractivity contribution in [2.45, 2.75) is 37.5 Å². The molecule has 1 aromatic carbocycles. The predicted molar refractivity (Wildman–Crippen MR) is 69.1 cm³/mol. The molecule has 3 nitrogen and oxygen atoms in total. The van der Waals surface area contributed by atoms with Gasteiger partial charge >= 0.3 is 6.18 Å². The Balaban J connectivity index is 2.16. The van der Waals surface area contributed by atoms with Gasteiger partial charge in [0.15, 0.2) is 11.5 Å². The van der Waals surface area contributed by atoms with Gasteiger partial charge in [0.25, 0.3) is 0 Å². The van der Waals surface area contributed by atoms with E-state index in [2.05, 4.69) is 5.32 Å². The highest BCUT2D eigenvalue weighted by Gasteiger charge is 2.63. The molecule has 1 saturated carbocycles. The molecular weight excluding hydrogens is 271 g/mol. The minimum atomic E-state index is -4.21. The summed E-state index contributed by atoms with van der Waals surface area (Å²) in [5.74, 6) is 1.07. The van der Waals surface area contributed by atoms with Crippen molar-refractivity contribution < 1.29 is 22.6 Å². The molecule has 0 radical (unpaired) electrons. The first-order valence-corrected chi connectivity index (χ1v) is 6.39. The van der Waals surface area contributed by atoms with Crippen LogP contribution in [-0.4, -0.2) is 25.9 Å². The van der Waals surface area contributed by atoms with E-state index in [0.29, 0.717) is 11.5 Å². The average molecular weight is 289 g/mol. The molecule has 2 rings (SSSR count). The molecule has 20 heavy (non-hydrogen) atoms. The summed E-state index contributed by atoms with van der Waals surface area (Å²) in [5.41, 5.74) is -0.988. The second-order valence-electron chi connectivity index (χ2n) is 5.06. The van der Waals surface area contributed by atoms with E-state index < -0.39 is 17.8 Å². The summed E-state index contributed by atoms with van der Waals surface area (Å²) >= 11 is 0. The molecular formula is C14H18F3NO2. The molecule has 0 bridgehead atoms. The zero-order valence-electron chi connectivity index (χ0n) is 11.7. The van der Waals surface area contributed by atoms with Crippen LogP contribution in [0, 0.1) is 0 Å². The van der Waals surface area contributed by atoms with Gasteiger partial charge in [-0.25, -0.2) is 0 Å². The third-order valence-electron chi connectivity index (χ3n) is 3.69. The SMILES string of the molecule is COc1ccc(C(C)NC2(C(F)(F)F)CC2)cc1OC. The van der Waals surface area contributed by atoms with Crippen LogP contribution in [0.15, 0.2) is 18.2 Å². The van der Waals surface area contributed by atoms with E-state index in [4.69, 9.17) is 9.47 Å². The van der Waals surface area contributed by atoms with Crippen LogP contribution in [0.5, 0.6) is 11.5 Å². The second kappa shape index (κ2) is 5.16. The highest BCUT2D eigenvalue weighted by molar-refractivity contribution is 5.43. The molecule has 0 saturated heterocycles. The van der Waals surface area contributed by atoms with Crippen LogP contribution >= 0.6 is 0 Å². The molecule has 6 heteroatoms. The largest absolute Gasteiger partial charge is 0.493 e. The molecule has 1 N–H and O–H groups in total. The van der Waals surface area contributed by atoms with Gasteiger partial charge in [-0.1, -0.05) is 6.07 Å². The normalized spacial score (nSPS) is 18.5. The van der Waals surface area contributed by atoms with Crippen LogP contribution in [0.1, 0.15) is 31.4 Å². The van der Waals surface area contributed by atoms with E-state index in [0.717, 1.165) is 5.56 Å². The topological polar surface area (TPSA) is 30.5 Å². The van der Waals surface area contributed by atoms with E-state index in [1.807, 2.05) is 0 Å². The fraction of sp³-hybridized carbons (Fsp3) is 0.571. The summed E-state index contributed by atoms with van der Waals surface area (Å²) in [6, 6.07) is 4.72. The first kappa shape index (κ1) is 15.0. The number of halogens is 3. The van der Waals surface area contributed by atoms with E-state index in [9.17, 15) is 13.2 Å². The van der Waals surface area contributed by atoms with Crippen LogP contribution < -0.4 is 14.8 Å². The predicted octanol–water partition coefficient (Wildman–Crippen LogP) is 3.45. The van der Waals surface area contributed by atoms with Gasteiger partial charge in [0.1, 0.15) is 5.54 Å². The lowest BCUT2D eigenvalue weighted by atomic mass is 10.1. The Morgan fingerprint density at radius 2 is 1.75 bits per heavy atom. The Morgan fingerprint density at radius 3 is 2.20 bits per heavy atom. The third-order valence-corrected chi connectivity index (χ3v) is 3.69. The van der Waals surface area contributed by atoms with Crippen molar-refractivity contribution in [3.8, 4) is 11.5 Å². The fourth-order valence-electron chi connectivity index (χ4n) is 2.25. The lowest BCUT2D eigenvalue weighted by Crippen LogP contribution is -2.45. The Kier molecular flexibility index (Phi) is 3.86. The number of rotatable bonds is 5. The molecule has 0 amide bonds. The van der Waals surface area contributed by atoms with Crippen molar-refractivity contribution in [1.29, 1.82) is 0 Å². The van der Waals surface area contributed by atoms with Crippen LogP contribution in [0.4, 0.5) is 13.2 Å². The van der Waals surface area contributed by atoms with E-state index in [1.54, 1.807) is 25.1 Å². The van der Waals surface area contributed by atoms with Crippen molar-refractivity contribution in [2.75, 3.05) is 14.2 Å². The van der Waals surface area contributed by atoms with Crippen molar-refractivity contribution >= 4 is 0 Å². The number of ether oxygens (including phenoxy) is 2. The molecule has 1 aliphatic rings. The molecule has 0 aromatic heterocycles. The van der Waals surface area contributed by atoms with Gasteiger partial charge in [-0.3, -0.25) is 5.32 Å². The van der Waals surface area contributed by atoms with Crippen LogP contribution in [0.3, 0.4) is 0 Å². The second-order valence-corrected chi connectivity index (χ2v) is 5.06. The summed E-state index contributed by atoms with van der Waals surface area (Å²) in [6.45, 7) is 1.72. The van der Waals surface area contributed by atoms with E-state index in [1.165, 1.54) is 14.2 Å². The van der Waals surface area contributed by atoms with Crippen molar-refractivity contribution in [1.82, 2.24) is 5.32 Å². The number of nitrogens with one attached hydrogen (secondary N) is 1. The van der Waals surface area contributed by atoms with Crippen LogP contribution in [0.25, 0.3) is 0 Å². The summed E-state index contributed by atoms with van der Waals surface area (Å²) in [6.07, 6.45) is -3.94. The summed E-state index contributed by atoms with van der Waals surface area (Å²) in [5, 5.41) is 2.69. The minimum Gasteiger partial charge on any atom is -0.493 e. The number of hydrogen-bond acceptors (Lipinski definition) is 3. The highest BCUT2D eigenvalue weighted by atomic mass is 19.4. The van der Waals surface area contributed by atoms with Crippen molar-refractivity contribution in [3.05, 3.63) is 23.8 Å². The van der Waals surface area contributed by atoms with E-state index >= 15 is 0 Å². The van der Waals surface area contributed by atoms with Gasteiger partial charge in [-0.15, -0.1) is 0 Å². The maximum atomic E-state index is 12.9. The molecule has 1 atom stereocenters. The Hall–Kier alpha value is -1.43. The van der Waals surface area contributed by atoms with Gasteiger partial charge in [0, 0.05) is 6.04 Å². The molecule has 1 aromatic rings.